The monoisotopic (exact) mass is 211 g/mol. The number of ketones is 2. The number of rotatable bonds is 8. The van der Waals surface area contributed by atoms with Gasteiger partial charge in [0, 0.05) is 18.3 Å². The number of Topliss-reactive ketones (excluding diaryl/α,β-unsaturated/α-hetero) is 2. The molecule has 0 saturated carbocycles. The minimum Gasteiger partial charge on any atom is -0.300 e. The second kappa shape index (κ2) is 6.76. The molecule has 0 saturated heterocycles. The van der Waals surface area contributed by atoms with Crippen molar-refractivity contribution in [2.75, 3.05) is 0 Å². The van der Waals surface area contributed by atoms with Gasteiger partial charge in [-0.3, -0.25) is 4.79 Å². The Morgan fingerprint density at radius 1 is 1.27 bits per heavy atom. The Morgan fingerprint density at radius 2 is 1.87 bits per heavy atom. The van der Waals surface area contributed by atoms with Gasteiger partial charge in [-0.2, -0.15) is 0 Å². The standard InChI is InChI=1S/C13H23O2/c1-5-8-12(15)13(4,6-2)10-7-9-11(3)14/h1,5-10H2,2-4H3. The summed E-state index contributed by atoms with van der Waals surface area (Å²) in [6.07, 6.45) is 4.31. The van der Waals surface area contributed by atoms with E-state index in [-0.39, 0.29) is 11.2 Å². The van der Waals surface area contributed by atoms with Crippen LogP contribution in [0.15, 0.2) is 0 Å². The highest BCUT2D eigenvalue weighted by molar-refractivity contribution is 5.84. The maximum Gasteiger partial charge on any atom is 0.138 e. The highest BCUT2D eigenvalue weighted by Crippen LogP contribution is 2.30. The van der Waals surface area contributed by atoms with Gasteiger partial charge in [0.25, 0.3) is 0 Å². The summed E-state index contributed by atoms with van der Waals surface area (Å²) in [6.45, 7) is 9.35. The molecule has 2 heteroatoms. The number of carbonyl (C=O) groups is 2. The summed E-state index contributed by atoms with van der Waals surface area (Å²) >= 11 is 0. The van der Waals surface area contributed by atoms with Crippen molar-refractivity contribution in [3.8, 4) is 0 Å². The largest absolute Gasteiger partial charge is 0.300 e. The van der Waals surface area contributed by atoms with Crippen molar-refractivity contribution >= 4 is 11.6 Å². The SMILES string of the molecule is [CH2]CCC(=O)C(C)(CC)CCCC(C)=O. The van der Waals surface area contributed by atoms with Crippen molar-refractivity contribution in [2.45, 2.75) is 59.3 Å². The van der Waals surface area contributed by atoms with Crippen LogP contribution < -0.4 is 0 Å². The van der Waals surface area contributed by atoms with E-state index in [9.17, 15) is 9.59 Å². The minimum atomic E-state index is -0.243. The average molecular weight is 211 g/mol. The zero-order chi connectivity index (χ0) is 11.9. The first-order valence-corrected chi connectivity index (χ1v) is 5.78. The number of carbonyl (C=O) groups excluding carboxylic acids is 2. The summed E-state index contributed by atoms with van der Waals surface area (Å²) < 4.78 is 0. The van der Waals surface area contributed by atoms with E-state index in [1.807, 2.05) is 13.8 Å². The maximum absolute atomic E-state index is 11.8. The predicted molar refractivity (Wildman–Crippen MR) is 62.5 cm³/mol. The molecule has 87 valence electrons. The Bertz CT molecular complexity index is 221. The topological polar surface area (TPSA) is 34.1 Å². The Hall–Kier alpha value is -0.660. The van der Waals surface area contributed by atoms with Gasteiger partial charge in [-0.25, -0.2) is 0 Å². The van der Waals surface area contributed by atoms with Crippen LogP contribution in [0.3, 0.4) is 0 Å². The van der Waals surface area contributed by atoms with Gasteiger partial charge in [0.15, 0.2) is 0 Å². The van der Waals surface area contributed by atoms with Gasteiger partial charge in [0.05, 0.1) is 0 Å². The van der Waals surface area contributed by atoms with Crippen LogP contribution in [0.5, 0.6) is 0 Å². The van der Waals surface area contributed by atoms with Gasteiger partial charge in [0.1, 0.15) is 11.6 Å². The third-order valence-corrected chi connectivity index (χ3v) is 3.11. The van der Waals surface area contributed by atoms with Crippen molar-refractivity contribution < 1.29 is 9.59 Å². The summed E-state index contributed by atoms with van der Waals surface area (Å²) in [4.78, 5) is 22.7. The normalized spacial score (nSPS) is 14.7. The molecule has 0 rings (SSSR count). The molecular formula is C13H23O2. The van der Waals surface area contributed by atoms with Crippen LogP contribution in [0.2, 0.25) is 0 Å². The van der Waals surface area contributed by atoms with Crippen molar-refractivity contribution in [3.05, 3.63) is 6.92 Å². The first-order chi connectivity index (χ1) is 6.96. The quantitative estimate of drug-likeness (QED) is 0.617. The lowest BCUT2D eigenvalue weighted by atomic mass is 9.77. The van der Waals surface area contributed by atoms with Gasteiger partial charge in [-0.1, -0.05) is 20.8 Å². The molecule has 1 atom stereocenters. The van der Waals surface area contributed by atoms with Crippen LogP contribution in [-0.4, -0.2) is 11.6 Å². The molecule has 0 aliphatic rings. The molecule has 1 radical (unpaired) electrons. The third-order valence-electron chi connectivity index (χ3n) is 3.11. The molecule has 0 aromatic rings. The van der Waals surface area contributed by atoms with Crippen LogP contribution in [0, 0.1) is 12.3 Å². The Morgan fingerprint density at radius 3 is 2.27 bits per heavy atom. The molecule has 0 aliphatic heterocycles. The third kappa shape index (κ3) is 5.10. The molecule has 15 heavy (non-hydrogen) atoms. The molecule has 0 fully saturated rings. The summed E-state index contributed by atoms with van der Waals surface area (Å²) in [5.41, 5.74) is -0.243. The van der Waals surface area contributed by atoms with Crippen LogP contribution in [0.25, 0.3) is 0 Å². The molecule has 0 aliphatic carbocycles. The molecule has 1 unspecified atom stereocenters. The Labute approximate surface area is 93.4 Å². The van der Waals surface area contributed by atoms with E-state index >= 15 is 0 Å². The first kappa shape index (κ1) is 14.3. The van der Waals surface area contributed by atoms with Gasteiger partial charge < -0.3 is 4.79 Å². The molecule has 0 N–H and O–H groups in total. The lowest BCUT2D eigenvalue weighted by molar-refractivity contribution is -0.129. The fraction of sp³-hybridized carbons (Fsp3) is 0.769. The highest BCUT2D eigenvalue weighted by atomic mass is 16.1. The van der Waals surface area contributed by atoms with E-state index in [1.165, 1.54) is 0 Å². The van der Waals surface area contributed by atoms with E-state index in [0.29, 0.717) is 25.0 Å². The second-order valence-corrected chi connectivity index (χ2v) is 4.50. The predicted octanol–water partition coefficient (Wildman–Crippen LogP) is 3.35. The van der Waals surface area contributed by atoms with Crippen LogP contribution in [0.4, 0.5) is 0 Å². The molecule has 0 aromatic heterocycles. The summed E-state index contributed by atoms with van der Waals surface area (Å²) in [5, 5.41) is 0. The average Bonchev–Trinajstić information content (AvgIpc) is 2.17. The Kier molecular flexibility index (Phi) is 6.46. The molecule has 0 amide bonds. The molecule has 0 spiro atoms. The zero-order valence-corrected chi connectivity index (χ0v) is 10.3. The van der Waals surface area contributed by atoms with E-state index in [0.717, 1.165) is 19.3 Å². The van der Waals surface area contributed by atoms with E-state index in [4.69, 9.17) is 0 Å². The number of hydrogen-bond acceptors (Lipinski definition) is 2. The molecule has 0 heterocycles. The highest BCUT2D eigenvalue weighted by Gasteiger charge is 2.29. The van der Waals surface area contributed by atoms with Crippen molar-refractivity contribution in [2.24, 2.45) is 5.41 Å². The fourth-order valence-electron chi connectivity index (χ4n) is 1.70. The van der Waals surface area contributed by atoms with E-state index < -0.39 is 0 Å². The van der Waals surface area contributed by atoms with Crippen molar-refractivity contribution in [1.29, 1.82) is 0 Å². The van der Waals surface area contributed by atoms with Crippen molar-refractivity contribution in [3.63, 3.8) is 0 Å². The molecule has 0 bridgehead atoms. The maximum atomic E-state index is 11.8. The molecule has 2 nitrogen and oxygen atoms in total. The van der Waals surface area contributed by atoms with E-state index in [1.54, 1.807) is 6.92 Å². The van der Waals surface area contributed by atoms with Gasteiger partial charge in [0.2, 0.25) is 0 Å². The van der Waals surface area contributed by atoms with Crippen LogP contribution >= 0.6 is 0 Å². The van der Waals surface area contributed by atoms with Gasteiger partial charge in [-0.15, -0.1) is 0 Å². The summed E-state index contributed by atoms with van der Waals surface area (Å²) in [6, 6.07) is 0. The lowest BCUT2D eigenvalue weighted by Crippen LogP contribution is -2.27. The smallest absolute Gasteiger partial charge is 0.138 e. The summed E-state index contributed by atoms with van der Waals surface area (Å²) in [7, 11) is 0. The fourth-order valence-corrected chi connectivity index (χ4v) is 1.70. The minimum absolute atomic E-state index is 0.207. The van der Waals surface area contributed by atoms with Gasteiger partial charge in [-0.05, 0) is 32.6 Å². The van der Waals surface area contributed by atoms with Gasteiger partial charge >= 0.3 is 0 Å². The van der Waals surface area contributed by atoms with E-state index in [2.05, 4.69) is 6.92 Å². The lowest BCUT2D eigenvalue weighted by Gasteiger charge is -2.26. The summed E-state index contributed by atoms with van der Waals surface area (Å²) in [5.74, 6) is 0.501. The molecular weight excluding hydrogens is 188 g/mol. The van der Waals surface area contributed by atoms with Crippen LogP contribution in [0.1, 0.15) is 59.3 Å². The van der Waals surface area contributed by atoms with Crippen molar-refractivity contribution in [1.82, 2.24) is 0 Å². The second-order valence-electron chi connectivity index (χ2n) is 4.50. The zero-order valence-electron chi connectivity index (χ0n) is 10.3. The molecule has 0 aromatic carbocycles. The first-order valence-electron chi connectivity index (χ1n) is 5.78. The Balaban J connectivity index is 4.17. The number of hydrogen-bond donors (Lipinski definition) is 0. The van der Waals surface area contributed by atoms with Crippen LogP contribution in [-0.2, 0) is 9.59 Å².